The van der Waals surface area contributed by atoms with E-state index in [0.717, 1.165) is 16.9 Å². The highest BCUT2D eigenvalue weighted by Crippen LogP contribution is 2.33. The molecular weight excluding hydrogens is 320 g/mol. The molecule has 10 heteroatoms. The van der Waals surface area contributed by atoms with Gasteiger partial charge in [0.05, 0.1) is 18.5 Å². The van der Waals surface area contributed by atoms with E-state index in [0.29, 0.717) is 11.6 Å². The summed E-state index contributed by atoms with van der Waals surface area (Å²) in [5.41, 5.74) is 3.39. The second-order valence-electron chi connectivity index (χ2n) is 5.30. The van der Waals surface area contributed by atoms with Crippen molar-refractivity contribution in [1.29, 1.82) is 0 Å². The fraction of sp³-hybridized carbons (Fsp3) is 0.133. The molecule has 0 aliphatic heterocycles. The fourth-order valence-electron chi connectivity index (χ4n) is 2.43. The zero-order valence-electron chi connectivity index (χ0n) is 13.4. The molecule has 4 aromatic rings. The number of hydrogen-bond acceptors (Lipinski definition) is 6. The molecule has 1 N–H and O–H groups in total. The number of hydrogen-bond donors (Lipinski definition) is 1. The maximum Gasteiger partial charge on any atom is 0.252 e. The Bertz CT molecular complexity index is 1120. The zero-order chi connectivity index (χ0) is 17.4. The molecule has 0 saturated heterocycles. The summed E-state index contributed by atoms with van der Waals surface area (Å²) in [7, 11) is 0. The minimum atomic E-state index is 0.266. The lowest BCUT2D eigenvalue weighted by Gasteiger charge is -2.00. The lowest BCUT2D eigenvalue weighted by atomic mass is 10.3. The first-order chi connectivity index (χ1) is 12.2. The minimum absolute atomic E-state index is 0.266. The van der Waals surface area contributed by atoms with Crippen LogP contribution in [0.25, 0.3) is 16.3 Å². The van der Waals surface area contributed by atoms with Crippen molar-refractivity contribution in [2.75, 3.05) is 0 Å². The molecule has 0 saturated carbocycles. The van der Waals surface area contributed by atoms with Gasteiger partial charge in [0.2, 0.25) is 0 Å². The quantitative estimate of drug-likeness (QED) is 0.459. The summed E-state index contributed by atoms with van der Waals surface area (Å²) in [4.78, 5) is 11.7. The number of azo groups is 1. The molecule has 0 aliphatic rings. The Morgan fingerprint density at radius 3 is 2.76 bits per heavy atom. The van der Waals surface area contributed by atoms with Gasteiger partial charge in [0.1, 0.15) is 11.2 Å². The average Bonchev–Trinajstić information content (AvgIpc) is 3.26. The van der Waals surface area contributed by atoms with Crippen molar-refractivity contribution in [2.45, 2.75) is 13.8 Å². The van der Waals surface area contributed by atoms with Gasteiger partial charge < -0.3 is 0 Å². The number of aryl methyl sites for hydroxylation is 2. The van der Waals surface area contributed by atoms with Crippen LogP contribution in [0.2, 0.25) is 0 Å². The highest BCUT2D eigenvalue weighted by molar-refractivity contribution is 5.71. The zero-order valence-corrected chi connectivity index (χ0v) is 13.4. The van der Waals surface area contributed by atoms with Crippen molar-refractivity contribution < 1.29 is 0 Å². The van der Waals surface area contributed by atoms with E-state index in [-0.39, 0.29) is 11.5 Å². The molecule has 0 atom stereocenters. The van der Waals surface area contributed by atoms with E-state index in [2.05, 4.69) is 40.3 Å². The average molecular weight is 332 g/mol. The van der Waals surface area contributed by atoms with E-state index in [1.807, 2.05) is 19.9 Å². The van der Waals surface area contributed by atoms with Gasteiger partial charge in [-0.1, -0.05) is 0 Å². The van der Waals surface area contributed by atoms with E-state index >= 15 is 0 Å². The highest BCUT2D eigenvalue weighted by atomic mass is 15.4. The molecule has 4 rings (SSSR count). The normalized spacial score (nSPS) is 11.4. The minimum Gasteiger partial charge on any atom is -0.282 e. The van der Waals surface area contributed by atoms with Crippen LogP contribution in [-0.2, 0) is 0 Å². The molecule has 10 nitrogen and oxygen atoms in total. The van der Waals surface area contributed by atoms with Crippen molar-refractivity contribution in [3.8, 4) is 5.95 Å². The Morgan fingerprint density at radius 2 is 2.00 bits per heavy atom. The SMILES string of the molecule is [C-]#[N+]c1cnn(-c2ncccn2)c1N=Nc1c(C)nn2[nH]c(C)cc12. The predicted molar refractivity (Wildman–Crippen MR) is 88.6 cm³/mol. The summed E-state index contributed by atoms with van der Waals surface area (Å²) in [6.07, 6.45) is 4.60. The second-order valence-corrected chi connectivity index (χ2v) is 5.30. The molecule has 0 bridgehead atoms. The van der Waals surface area contributed by atoms with Crippen LogP contribution in [0.4, 0.5) is 17.2 Å². The van der Waals surface area contributed by atoms with Crippen LogP contribution >= 0.6 is 0 Å². The van der Waals surface area contributed by atoms with Crippen LogP contribution in [0.5, 0.6) is 0 Å². The number of aromatic nitrogens is 7. The van der Waals surface area contributed by atoms with E-state index in [4.69, 9.17) is 6.57 Å². The molecule has 4 aromatic heterocycles. The maximum absolute atomic E-state index is 7.30. The van der Waals surface area contributed by atoms with Crippen molar-refractivity contribution in [3.05, 3.63) is 53.5 Å². The molecule has 0 spiro atoms. The Hall–Kier alpha value is -3.87. The van der Waals surface area contributed by atoms with Gasteiger partial charge in [0, 0.05) is 18.1 Å². The summed E-state index contributed by atoms with van der Waals surface area (Å²) >= 11 is 0. The molecule has 0 fully saturated rings. The third-order valence-corrected chi connectivity index (χ3v) is 3.53. The number of H-pyrrole nitrogens is 1. The fourth-order valence-corrected chi connectivity index (χ4v) is 2.43. The molecule has 4 heterocycles. The summed E-state index contributed by atoms with van der Waals surface area (Å²) in [6, 6.07) is 3.63. The molecule has 0 amide bonds. The number of fused-ring (bicyclic) bond motifs is 1. The van der Waals surface area contributed by atoms with Gasteiger partial charge in [-0.25, -0.2) is 14.8 Å². The monoisotopic (exact) mass is 332 g/mol. The van der Waals surface area contributed by atoms with Gasteiger partial charge in [-0.2, -0.15) is 19.5 Å². The highest BCUT2D eigenvalue weighted by Gasteiger charge is 2.15. The summed E-state index contributed by atoms with van der Waals surface area (Å²) in [5.74, 6) is 0.591. The molecule has 0 unspecified atom stereocenters. The first-order valence-electron chi connectivity index (χ1n) is 7.37. The number of nitrogens with zero attached hydrogens (tertiary/aromatic N) is 9. The van der Waals surface area contributed by atoms with Crippen LogP contribution in [0.1, 0.15) is 11.4 Å². The van der Waals surface area contributed by atoms with E-state index in [9.17, 15) is 0 Å². The van der Waals surface area contributed by atoms with E-state index in [1.165, 1.54) is 10.9 Å². The van der Waals surface area contributed by atoms with E-state index in [1.54, 1.807) is 23.1 Å². The summed E-state index contributed by atoms with van der Waals surface area (Å²) in [5, 5.41) is 20.1. The van der Waals surface area contributed by atoms with Gasteiger partial charge in [-0.05, 0) is 26.0 Å². The molecular formula is C15H12N10. The predicted octanol–water partition coefficient (Wildman–Crippen LogP) is 3.22. The standard InChI is InChI=1S/C15H12N10/c1-9-7-12-13(10(2)23-25(12)22-9)20-21-14-11(16-3)8-19-24(14)15-17-5-4-6-18-15/h4-8,22H,1-2H3. The second kappa shape index (κ2) is 5.64. The Morgan fingerprint density at radius 1 is 1.20 bits per heavy atom. The molecule has 0 aromatic carbocycles. The van der Waals surface area contributed by atoms with Crippen LogP contribution in [-0.4, -0.2) is 34.6 Å². The van der Waals surface area contributed by atoms with Crippen molar-refractivity contribution >= 4 is 22.7 Å². The Labute approximate surface area is 141 Å². The molecule has 25 heavy (non-hydrogen) atoms. The topological polar surface area (TPSA) is 106 Å². The molecule has 0 radical (unpaired) electrons. The number of aromatic amines is 1. The lowest BCUT2D eigenvalue weighted by Crippen LogP contribution is -2.00. The maximum atomic E-state index is 7.30. The first-order valence-corrected chi connectivity index (χ1v) is 7.37. The Kier molecular flexibility index (Phi) is 3.32. The van der Waals surface area contributed by atoms with Crippen LogP contribution in [0.15, 0.2) is 41.0 Å². The van der Waals surface area contributed by atoms with Crippen molar-refractivity contribution in [1.82, 2.24) is 34.6 Å². The first kappa shape index (κ1) is 14.7. The summed E-state index contributed by atoms with van der Waals surface area (Å²) < 4.78 is 3.03. The van der Waals surface area contributed by atoms with Gasteiger partial charge in [0.15, 0.2) is 5.82 Å². The third-order valence-electron chi connectivity index (χ3n) is 3.53. The molecule has 0 aliphatic carbocycles. The number of nitrogens with one attached hydrogen (secondary N) is 1. The smallest absolute Gasteiger partial charge is 0.252 e. The van der Waals surface area contributed by atoms with Crippen LogP contribution in [0, 0.1) is 20.4 Å². The van der Waals surface area contributed by atoms with Crippen LogP contribution in [0.3, 0.4) is 0 Å². The largest absolute Gasteiger partial charge is 0.282 e. The van der Waals surface area contributed by atoms with Crippen LogP contribution < -0.4 is 0 Å². The third kappa shape index (κ3) is 2.43. The van der Waals surface area contributed by atoms with Crippen molar-refractivity contribution in [3.63, 3.8) is 0 Å². The van der Waals surface area contributed by atoms with E-state index < -0.39 is 0 Å². The van der Waals surface area contributed by atoms with Crippen molar-refractivity contribution in [2.24, 2.45) is 10.2 Å². The van der Waals surface area contributed by atoms with Gasteiger partial charge >= 0.3 is 0 Å². The lowest BCUT2D eigenvalue weighted by molar-refractivity contribution is 0.794. The Balaban J connectivity index is 1.82. The van der Waals surface area contributed by atoms with Gasteiger partial charge in [0.25, 0.3) is 11.6 Å². The number of rotatable bonds is 3. The van der Waals surface area contributed by atoms with Gasteiger partial charge in [-0.3, -0.25) is 5.10 Å². The molecule has 122 valence electrons. The summed E-state index contributed by atoms with van der Waals surface area (Å²) in [6.45, 7) is 11.1. The van der Waals surface area contributed by atoms with Gasteiger partial charge in [-0.15, -0.1) is 10.2 Å².